The third kappa shape index (κ3) is 1.84. The quantitative estimate of drug-likeness (QED) is 0.725. The van der Waals surface area contributed by atoms with Crippen molar-refractivity contribution in [3.05, 3.63) is 54.1 Å². The molecule has 0 spiro atoms. The lowest BCUT2D eigenvalue weighted by Crippen LogP contribution is -1.96. The van der Waals surface area contributed by atoms with E-state index in [-0.39, 0.29) is 0 Å². The molecule has 0 saturated carbocycles. The van der Waals surface area contributed by atoms with Gasteiger partial charge in [-0.05, 0) is 43.2 Å². The van der Waals surface area contributed by atoms with Crippen molar-refractivity contribution in [3.8, 4) is 5.69 Å². The Labute approximate surface area is 89.9 Å². The number of benzene rings is 1. The molecule has 0 radical (unpaired) electrons. The van der Waals surface area contributed by atoms with Crippen LogP contribution in [0.25, 0.3) is 11.8 Å². The molecule has 15 heavy (non-hydrogen) atoms. The maximum atomic E-state index is 4.22. The fourth-order valence-corrected chi connectivity index (χ4v) is 1.77. The third-order valence-corrected chi connectivity index (χ3v) is 2.34. The molecule has 0 saturated heterocycles. The second kappa shape index (κ2) is 3.73. The molecule has 1 aromatic carbocycles. The zero-order chi connectivity index (χ0) is 10.8. The Kier molecular flexibility index (Phi) is 2.42. The van der Waals surface area contributed by atoms with Crippen molar-refractivity contribution in [1.82, 2.24) is 9.55 Å². The SMILES string of the molecule is C=Cc1nccn1-c1cc(C)cc(C)c1. The molecule has 0 aliphatic rings. The molecule has 1 aromatic heterocycles. The van der Waals surface area contributed by atoms with Crippen molar-refractivity contribution >= 4 is 6.08 Å². The lowest BCUT2D eigenvalue weighted by Gasteiger charge is -2.07. The lowest BCUT2D eigenvalue weighted by atomic mass is 10.1. The van der Waals surface area contributed by atoms with Gasteiger partial charge in [0.05, 0.1) is 0 Å². The van der Waals surface area contributed by atoms with Gasteiger partial charge in [-0.2, -0.15) is 0 Å². The van der Waals surface area contributed by atoms with E-state index in [1.54, 1.807) is 12.3 Å². The molecule has 0 unspecified atom stereocenters. The monoisotopic (exact) mass is 198 g/mol. The lowest BCUT2D eigenvalue weighted by molar-refractivity contribution is 1.03. The van der Waals surface area contributed by atoms with Crippen LogP contribution in [0.4, 0.5) is 0 Å². The van der Waals surface area contributed by atoms with Gasteiger partial charge in [0.2, 0.25) is 0 Å². The first-order chi connectivity index (χ1) is 7.20. The Morgan fingerprint density at radius 2 is 1.87 bits per heavy atom. The molecule has 2 aromatic rings. The molecular formula is C13H14N2. The number of hydrogen-bond acceptors (Lipinski definition) is 1. The summed E-state index contributed by atoms with van der Waals surface area (Å²) in [5, 5.41) is 0. The molecule has 2 rings (SSSR count). The summed E-state index contributed by atoms with van der Waals surface area (Å²) in [4.78, 5) is 4.22. The number of nitrogens with zero attached hydrogens (tertiary/aromatic N) is 2. The summed E-state index contributed by atoms with van der Waals surface area (Å²) in [5.41, 5.74) is 3.65. The van der Waals surface area contributed by atoms with Crippen molar-refractivity contribution in [3.63, 3.8) is 0 Å². The van der Waals surface area contributed by atoms with Crippen LogP contribution in [-0.2, 0) is 0 Å². The van der Waals surface area contributed by atoms with Crippen molar-refractivity contribution in [1.29, 1.82) is 0 Å². The predicted molar refractivity (Wildman–Crippen MR) is 63.1 cm³/mol. The second-order valence-electron chi connectivity index (χ2n) is 3.71. The predicted octanol–water partition coefficient (Wildman–Crippen LogP) is 3.13. The number of imidazole rings is 1. The zero-order valence-electron chi connectivity index (χ0n) is 9.07. The van der Waals surface area contributed by atoms with E-state index in [0.717, 1.165) is 11.5 Å². The highest BCUT2D eigenvalue weighted by molar-refractivity contribution is 5.46. The van der Waals surface area contributed by atoms with Crippen LogP contribution in [-0.4, -0.2) is 9.55 Å². The van der Waals surface area contributed by atoms with E-state index in [1.165, 1.54) is 11.1 Å². The minimum absolute atomic E-state index is 0.875. The Bertz CT molecular complexity index is 475. The van der Waals surface area contributed by atoms with Gasteiger partial charge in [0.1, 0.15) is 5.82 Å². The first-order valence-electron chi connectivity index (χ1n) is 4.95. The standard InChI is InChI=1S/C13H14N2/c1-4-13-14-5-6-15(13)12-8-10(2)7-11(3)9-12/h4-9H,1H2,2-3H3. The molecule has 0 bridgehead atoms. The van der Waals surface area contributed by atoms with E-state index in [0.29, 0.717) is 0 Å². The first kappa shape index (κ1) is 9.71. The van der Waals surface area contributed by atoms with Gasteiger partial charge in [-0.25, -0.2) is 4.98 Å². The van der Waals surface area contributed by atoms with E-state index in [1.807, 2.05) is 10.8 Å². The first-order valence-corrected chi connectivity index (χ1v) is 4.95. The molecule has 0 fully saturated rings. The van der Waals surface area contributed by atoms with Crippen LogP contribution in [0, 0.1) is 13.8 Å². The minimum Gasteiger partial charge on any atom is -0.300 e. The highest BCUT2D eigenvalue weighted by Crippen LogP contribution is 2.15. The summed E-state index contributed by atoms with van der Waals surface area (Å²) in [6.45, 7) is 7.95. The molecule has 0 N–H and O–H groups in total. The molecule has 1 heterocycles. The number of hydrogen-bond donors (Lipinski definition) is 0. The summed E-state index contributed by atoms with van der Waals surface area (Å²) >= 11 is 0. The van der Waals surface area contributed by atoms with Gasteiger partial charge < -0.3 is 4.57 Å². The Morgan fingerprint density at radius 1 is 1.20 bits per heavy atom. The Hall–Kier alpha value is -1.83. The van der Waals surface area contributed by atoms with Gasteiger partial charge in [0, 0.05) is 18.1 Å². The van der Waals surface area contributed by atoms with Gasteiger partial charge in [-0.3, -0.25) is 0 Å². The van der Waals surface area contributed by atoms with Crippen molar-refractivity contribution in [2.24, 2.45) is 0 Å². The molecular weight excluding hydrogens is 184 g/mol. The number of aryl methyl sites for hydroxylation is 2. The molecule has 0 aliphatic carbocycles. The number of rotatable bonds is 2. The maximum absolute atomic E-state index is 4.22. The molecule has 2 nitrogen and oxygen atoms in total. The number of aromatic nitrogens is 2. The van der Waals surface area contributed by atoms with E-state index in [9.17, 15) is 0 Å². The van der Waals surface area contributed by atoms with Crippen LogP contribution in [0.2, 0.25) is 0 Å². The van der Waals surface area contributed by atoms with Crippen molar-refractivity contribution in [2.75, 3.05) is 0 Å². The van der Waals surface area contributed by atoms with Gasteiger partial charge >= 0.3 is 0 Å². The zero-order valence-corrected chi connectivity index (χ0v) is 9.07. The van der Waals surface area contributed by atoms with Crippen molar-refractivity contribution < 1.29 is 0 Å². The Balaban J connectivity index is 2.58. The van der Waals surface area contributed by atoms with Crippen LogP contribution >= 0.6 is 0 Å². The van der Waals surface area contributed by atoms with Crippen LogP contribution in [0.1, 0.15) is 17.0 Å². The maximum Gasteiger partial charge on any atom is 0.136 e. The van der Waals surface area contributed by atoms with Gasteiger partial charge in [-0.15, -0.1) is 0 Å². The summed E-state index contributed by atoms with van der Waals surface area (Å²) in [7, 11) is 0. The van der Waals surface area contributed by atoms with Crippen LogP contribution in [0.5, 0.6) is 0 Å². The van der Waals surface area contributed by atoms with Crippen molar-refractivity contribution in [2.45, 2.75) is 13.8 Å². The minimum atomic E-state index is 0.875. The fourth-order valence-electron chi connectivity index (χ4n) is 1.77. The van der Waals surface area contributed by atoms with E-state index >= 15 is 0 Å². The molecule has 76 valence electrons. The Morgan fingerprint density at radius 3 is 2.47 bits per heavy atom. The van der Waals surface area contributed by atoms with Crippen LogP contribution in [0.15, 0.2) is 37.2 Å². The molecule has 0 amide bonds. The molecule has 0 atom stereocenters. The normalized spacial score (nSPS) is 10.3. The topological polar surface area (TPSA) is 17.8 Å². The summed E-state index contributed by atoms with van der Waals surface area (Å²) < 4.78 is 2.03. The van der Waals surface area contributed by atoms with Crippen LogP contribution in [0.3, 0.4) is 0 Å². The molecule has 0 aliphatic heterocycles. The van der Waals surface area contributed by atoms with E-state index in [2.05, 4.69) is 43.6 Å². The summed E-state index contributed by atoms with van der Waals surface area (Å²) in [6, 6.07) is 6.44. The van der Waals surface area contributed by atoms with Gasteiger partial charge in [-0.1, -0.05) is 12.6 Å². The smallest absolute Gasteiger partial charge is 0.136 e. The third-order valence-electron chi connectivity index (χ3n) is 2.34. The second-order valence-corrected chi connectivity index (χ2v) is 3.71. The fraction of sp³-hybridized carbons (Fsp3) is 0.154. The van der Waals surface area contributed by atoms with Gasteiger partial charge in [0.25, 0.3) is 0 Å². The van der Waals surface area contributed by atoms with Crippen LogP contribution < -0.4 is 0 Å². The van der Waals surface area contributed by atoms with E-state index < -0.39 is 0 Å². The van der Waals surface area contributed by atoms with Gasteiger partial charge in [0.15, 0.2) is 0 Å². The highest BCUT2D eigenvalue weighted by atomic mass is 15.1. The highest BCUT2D eigenvalue weighted by Gasteiger charge is 2.02. The molecule has 2 heteroatoms. The largest absolute Gasteiger partial charge is 0.300 e. The summed E-state index contributed by atoms with van der Waals surface area (Å²) in [5.74, 6) is 0.875. The summed E-state index contributed by atoms with van der Waals surface area (Å²) in [6.07, 6.45) is 5.50. The van der Waals surface area contributed by atoms with E-state index in [4.69, 9.17) is 0 Å². The average molecular weight is 198 g/mol. The average Bonchev–Trinajstić information content (AvgIpc) is 2.63.